The van der Waals surface area contributed by atoms with E-state index in [0.29, 0.717) is 11.3 Å². The van der Waals surface area contributed by atoms with E-state index in [1.807, 2.05) is 0 Å². The summed E-state index contributed by atoms with van der Waals surface area (Å²) in [5.74, 6) is -0.142. The second kappa shape index (κ2) is 3.16. The van der Waals surface area contributed by atoms with Crippen molar-refractivity contribution >= 4 is 33.0 Å². The Kier molecular flexibility index (Phi) is 2.14. The normalized spacial score (nSPS) is 10.9. The van der Waals surface area contributed by atoms with E-state index in [-0.39, 0.29) is 5.06 Å². The second-order valence-electron chi connectivity index (χ2n) is 2.69. The highest BCUT2D eigenvalue weighted by Crippen LogP contribution is 2.35. The van der Waals surface area contributed by atoms with Crippen LogP contribution in [0.5, 0.6) is 5.06 Å². The fourth-order valence-corrected chi connectivity index (χ4v) is 2.23. The van der Waals surface area contributed by atoms with Gasteiger partial charge in [0.1, 0.15) is 0 Å². The molecule has 0 aliphatic carbocycles. The molecule has 1 N–H and O–H groups in total. The fraction of sp³-hybridized carbons (Fsp3) is 0.111. The summed E-state index contributed by atoms with van der Waals surface area (Å²) >= 11 is 6.65. The van der Waals surface area contributed by atoms with Crippen LogP contribution in [0.1, 0.15) is 5.56 Å². The summed E-state index contributed by atoms with van der Waals surface area (Å²) in [5.41, 5.74) is 0.926. The summed E-state index contributed by atoms with van der Waals surface area (Å²) in [6.07, 6.45) is 0. The lowest BCUT2D eigenvalue weighted by molar-refractivity contribution is 0.452. The molecule has 0 bridgehead atoms. The number of aromatic hydroxyl groups is 1. The SMILES string of the molecule is Oc1sc2cc(CCl)ccc2c1F. The van der Waals surface area contributed by atoms with Gasteiger partial charge < -0.3 is 5.11 Å². The molecule has 2 rings (SSSR count). The quantitative estimate of drug-likeness (QED) is 0.724. The van der Waals surface area contributed by atoms with Gasteiger partial charge in [-0.15, -0.1) is 11.6 Å². The van der Waals surface area contributed by atoms with Crippen molar-refractivity contribution in [2.75, 3.05) is 0 Å². The molecule has 0 unspecified atom stereocenters. The Labute approximate surface area is 83.4 Å². The van der Waals surface area contributed by atoms with Crippen molar-refractivity contribution < 1.29 is 9.50 Å². The molecule has 0 fully saturated rings. The molecule has 4 heteroatoms. The molecule has 0 spiro atoms. The standard InChI is InChI=1S/C9H6ClFOS/c10-4-5-1-2-6-7(3-5)13-9(12)8(6)11/h1-3,12H,4H2. The Hall–Kier alpha value is -0.800. The van der Waals surface area contributed by atoms with E-state index in [0.717, 1.165) is 21.6 Å². The zero-order valence-corrected chi connectivity index (χ0v) is 8.12. The monoisotopic (exact) mass is 216 g/mol. The number of hydrogen-bond acceptors (Lipinski definition) is 2. The van der Waals surface area contributed by atoms with Gasteiger partial charge in [-0.25, -0.2) is 4.39 Å². The summed E-state index contributed by atoms with van der Waals surface area (Å²) in [6, 6.07) is 5.18. The minimum absolute atomic E-state index is 0.262. The second-order valence-corrected chi connectivity index (χ2v) is 3.98. The van der Waals surface area contributed by atoms with E-state index in [4.69, 9.17) is 16.7 Å². The van der Waals surface area contributed by atoms with Crippen molar-refractivity contribution in [1.82, 2.24) is 0 Å². The lowest BCUT2D eigenvalue weighted by Crippen LogP contribution is -1.75. The Morgan fingerprint density at radius 3 is 2.92 bits per heavy atom. The van der Waals surface area contributed by atoms with Gasteiger partial charge in [-0.1, -0.05) is 23.5 Å². The number of alkyl halides is 1. The average Bonchev–Trinajstić information content (AvgIpc) is 2.42. The molecule has 0 amide bonds. The van der Waals surface area contributed by atoms with Crippen molar-refractivity contribution in [1.29, 1.82) is 0 Å². The van der Waals surface area contributed by atoms with Crippen molar-refractivity contribution in [2.24, 2.45) is 0 Å². The van der Waals surface area contributed by atoms with Crippen LogP contribution in [0.15, 0.2) is 18.2 Å². The molecule has 1 heterocycles. The molecule has 1 aromatic heterocycles. The van der Waals surface area contributed by atoms with Gasteiger partial charge in [-0.2, -0.15) is 0 Å². The summed E-state index contributed by atoms with van der Waals surface area (Å²) < 4.78 is 13.9. The van der Waals surface area contributed by atoms with E-state index in [1.54, 1.807) is 18.2 Å². The number of halogens is 2. The maximum atomic E-state index is 13.1. The first-order valence-corrected chi connectivity index (χ1v) is 5.03. The summed E-state index contributed by atoms with van der Waals surface area (Å²) in [4.78, 5) is 0. The van der Waals surface area contributed by atoms with Gasteiger partial charge in [0.2, 0.25) is 5.06 Å². The van der Waals surface area contributed by atoms with E-state index >= 15 is 0 Å². The number of rotatable bonds is 1. The van der Waals surface area contributed by atoms with Gasteiger partial charge in [0.05, 0.1) is 0 Å². The van der Waals surface area contributed by atoms with Crippen molar-refractivity contribution in [3.8, 4) is 5.06 Å². The van der Waals surface area contributed by atoms with Crippen molar-refractivity contribution in [2.45, 2.75) is 5.88 Å². The van der Waals surface area contributed by atoms with Crippen LogP contribution in [0, 0.1) is 5.82 Å². The van der Waals surface area contributed by atoms with Gasteiger partial charge in [0.25, 0.3) is 0 Å². The fourth-order valence-electron chi connectivity index (χ4n) is 1.18. The Bertz CT molecular complexity index is 452. The van der Waals surface area contributed by atoms with Crippen LogP contribution in [0.25, 0.3) is 10.1 Å². The molecule has 0 aliphatic heterocycles. The number of fused-ring (bicyclic) bond motifs is 1. The highest BCUT2D eigenvalue weighted by molar-refractivity contribution is 7.20. The summed E-state index contributed by atoms with van der Waals surface area (Å²) in [6.45, 7) is 0. The predicted octanol–water partition coefficient (Wildman–Crippen LogP) is 3.48. The molecule has 2 aromatic rings. The molecule has 0 aliphatic rings. The minimum atomic E-state index is -0.541. The Morgan fingerprint density at radius 1 is 1.46 bits per heavy atom. The molecule has 1 aromatic carbocycles. The van der Waals surface area contributed by atoms with Gasteiger partial charge in [0.15, 0.2) is 5.82 Å². The lowest BCUT2D eigenvalue weighted by atomic mass is 10.2. The van der Waals surface area contributed by atoms with E-state index in [1.165, 1.54) is 0 Å². The minimum Gasteiger partial charge on any atom is -0.497 e. The first-order valence-electron chi connectivity index (χ1n) is 3.68. The van der Waals surface area contributed by atoms with E-state index < -0.39 is 5.82 Å². The third kappa shape index (κ3) is 1.38. The topological polar surface area (TPSA) is 20.2 Å². The van der Waals surface area contributed by atoms with Crippen LogP contribution in [0.2, 0.25) is 0 Å². The molecule has 0 radical (unpaired) electrons. The van der Waals surface area contributed by atoms with Crippen molar-refractivity contribution in [3.63, 3.8) is 0 Å². The van der Waals surface area contributed by atoms with Gasteiger partial charge >= 0.3 is 0 Å². The number of thiophene rings is 1. The van der Waals surface area contributed by atoms with Crippen LogP contribution in [0.3, 0.4) is 0 Å². The maximum absolute atomic E-state index is 13.1. The number of hydrogen-bond donors (Lipinski definition) is 1. The molecule has 0 saturated heterocycles. The molecule has 68 valence electrons. The molecular weight excluding hydrogens is 211 g/mol. The van der Waals surface area contributed by atoms with Gasteiger partial charge in [-0.05, 0) is 11.6 Å². The predicted molar refractivity (Wildman–Crippen MR) is 53.0 cm³/mol. The first-order chi connectivity index (χ1) is 6.22. The number of benzene rings is 1. The van der Waals surface area contributed by atoms with E-state index in [9.17, 15) is 4.39 Å². The highest BCUT2D eigenvalue weighted by atomic mass is 35.5. The van der Waals surface area contributed by atoms with Crippen LogP contribution in [0.4, 0.5) is 4.39 Å². The van der Waals surface area contributed by atoms with Gasteiger partial charge in [0, 0.05) is 16.0 Å². The molecule has 1 nitrogen and oxygen atoms in total. The van der Waals surface area contributed by atoms with Crippen LogP contribution >= 0.6 is 22.9 Å². The Morgan fingerprint density at radius 2 is 2.23 bits per heavy atom. The highest BCUT2D eigenvalue weighted by Gasteiger charge is 2.10. The largest absolute Gasteiger partial charge is 0.497 e. The Balaban J connectivity index is 2.73. The third-order valence-corrected chi connectivity index (χ3v) is 3.07. The zero-order valence-electron chi connectivity index (χ0n) is 6.55. The van der Waals surface area contributed by atoms with Crippen LogP contribution in [-0.2, 0) is 5.88 Å². The average molecular weight is 217 g/mol. The van der Waals surface area contributed by atoms with Crippen molar-refractivity contribution in [3.05, 3.63) is 29.6 Å². The third-order valence-electron chi connectivity index (χ3n) is 1.83. The summed E-state index contributed by atoms with van der Waals surface area (Å²) in [7, 11) is 0. The molecule has 0 saturated carbocycles. The first kappa shape index (κ1) is 8.78. The van der Waals surface area contributed by atoms with Crippen LogP contribution < -0.4 is 0 Å². The smallest absolute Gasteiger partial charge is 0.209 e. The van der Waals surface area contributed by atoms with E-state index in [2.05, 4.69) is 0 Å². The molecule has 0 atom stereocenters. The zero-order chi connectivity index (χ0) is 9.42. The molecular formula is C9H6ClFOS. The summed E-state index contributed by atoms with van der Waals surface area (Å²) in [5, 5.41) is 9.31. The lowest BCUT2D eigenvalue weighted by Gasteiger charge is -1.93. The van der Waals surface area contributed by atoms with Gasteiger partial charge in [-0.3, -0.25) is 0 Å². The molecule has 13 heavy (non-hydrogen) atoms. The van der Waals surface area contributed by atoms with Crippen LogP contribution in [-0.4, -0.2) is 5.11 Å². The maximum Gasteiger partial charge on any atom is 0.209 e.